The molecule has 118 valence electrons. The number of hydrogen-bond acceptors (Lipinski definition) is 4. The third kappa shape index (κ3) is 2.97. The van der Waals surface area contributed by atoms with Crippen LogP contribution in [0.5, 0.6) is 0 Å². The van der Waals surface area contributed by atoms with Gasteiger partial charge in [0.25, 0.3) is 0 Å². The highest BCUT2D eigenvalue weighted by molar-refractivity contribution is 7.71. The maximum Gasteiger partial charge on any atom is 0.216 e. The smallest absolute Gasteiger partial charge is 0.216 e. The summed E-state index contributed by atoms with van der Waals surface area (Å²) in [5.74, 6) is 0.672. The standard InChI is InChI=1S/C15H15ClN6S/c1-9-4-6-12(7-5-9)22-14(16)13(10(2)20-22)8-17-21-11(3)18-19-15(21)23/h4-8H,1-3H3,(H,19,23). The zero-order valence-corrected chi connectivity index (χ0v) is 14.5. The summed E-state index contributed by atoms with van der Waals surface area (Å²) in [7, 11) is 0. The molecule has 23 heavy (non-hydrogen) atoms. The fraction of sp³-hybridized carbons (Fsp3) is 0.200. The van der Waals surface area contributed by atoms with Gasteiger partial charge in [-0.1, -0.05) is 29.3 Å². The number of nitrogens with one attached hydrogen (secondary N) is 1. The second-order valence-electron chi connectivity index (χ2n) is 5.17. The Morgan fingerprint density at radius 3 is 2.52 bits per heavy atom. The van der Waals surface area contributed by atoms with Crippen LogP contribution in [-0.4, -0.2) is 30.9 Å². The van der Waals surface area contributed by atoms with Gasteiger partial charge in [-0.2, -0.15) is 20.0 Å². The van der Waals surface area contributed by atoms with Crippen LogP contribution in [0.25, 0.3) is 5.69 Å². The second kappa shape index (κ2) is 6.10. The molecule has 8 heteroatoms. The van der Waals surface area contributed by atoms with Gasteiger partial charge in [-0.05, 0) is 45.1 Å². The minimum absolute atomic E-state index is 0.429. The van der Waals surface area contributed by atoms with Gasteiger partial charge in [0.1, 0.15) is 11.0 Å². The van der Waals surface area contributed by atoms with Crippen LogP contribution in [0.15, 0.2) is 29.4 Å². The largest absolute Gasteiger partial charge is 0.250 e. The second-order valence-corrected chi connectivity index (χ2v) is 5.91. The molecule has 0 radical (unpaired) electrons. The number of halogens is 1. The Hall–Kier alpha value is -2.25. The van der Waals surface area contributed by atoms with E-state index in [0.29, 0.717) is 15.7 Å². The summed E-state index contributed by atoms with van der Waals surface area (Å²) in [5.41, 5.74) is 3.61. The van der Waals surface area contributed by atoms with Gasteiger partial charge >= 0.3 is 0 Å². The van der Waals surface area contributed by atoms with Crippen molar-refractivity contribution in [2.75, 3.05) is 0 Å². The van der Waals surface area contributed by atoms with Gasteiger partial charge in [-0.25, -0.2) is 4.68 Å². The quantitative estimate of drug-likeness (QED) is 0.582. The number of aryl methyl sites for hydroxylation is 3. The van der Waals surface area contributed by atoms with E-state index in [0.717, 1.165) is 16.9 Å². The van der Waals surface area contributed by atoms with E-state index >= 15 is 0 Å². The molecule has 0 unspecified atom stereocenters. The molecule has 0 saturated carbocycles. The van der Waals surface area contributed by atoms with Crippen molar-refractivity contribution in [3.8, 4) is 5.69 Å². The molecule has 0 aliphatic rings. The number of H-pyrrole nitrogens is 1. The molecule has 3 aromatic rings. The minimum Gasteiger partial charge on any atom is -0.250 e. The fourth-order valence-corrected chi connectivity index (χ4v) is 2.68. The van der Waals surface area contributed by atoms with Crippen molar-refractivity contribution in [3.05, 3.63) is 56.8 Å². The number of benzene rings is 1. The van der Waals surface area contributed by atoms with Crippen LogP contribution in [0, 0.1) is 25.5 Å². The van der Waals surface area contributed by atoms with Gasteiger partial charge < -0.3 is 0 Å². The van der Waals surface area contributed by atoms with E-state index in [2.05, 4.69) is 20.4 Å². The lowest BCUT2D eigenvalue weighted by atomic mass is 10.2. The van der Waals surface area contributed by atoms with Gasteiger partial charge in [-0.15, -0.1) is 0 Å². The minimum atomic E-state index is 0.429. The normalized spacial score (nSPS) is 11.5. The Morgan fingerprint density at radius 1 is 1.22 bits per heavy atom. The highest BCUT2D eigenvalue weighted by Crippen LogP contribution is 2.22. The van der Waals surface area contributed by atoms with Crippen LogP contribution in [0.2, 0.25) is 5.15 Å². The van der Waals surface area contributed by atoms with E-state index in [1.807, 2.05) is 45.0 Å². The van der Waals surface area contributed by atoms with E-state index in [1.165, 1.54) is 10.2 Å². The number of aromatic amines is 1. The van der Waals surface area contributed by atoms with Crippen LogP contribution in [0.4, 0.5) is 0 Å². The van der Waals surface area contributed by atoms with E-state index < -0.39 is 0 Å². The van der Waals surface area contributed by atoms with E-state index in [4.69, 9.17) is 23.8 Å². The first-order valence-corrected chi connectivity index (χ1v) is 7.76. The highest BCUT2D eigenvalue weighted by atomic mass is 35.5. The molecule has 0 saturated heterocycles. The van der Waals surface area contributed by atoms with Crippen molar-refractivity contribution in [2.45, 2.75) is 20.8 Å². The third-order valence-corrected chi connectivity index (χ3v) is 4.07. The number of hydrogen-bond donors (Lipinski definition) is 1. The predicted molar refractivity (Wildman–Crippen MR) is 93.2 cm³/mol. The van der Waals surface area contributed by atoms with Crippen LogP contribution >= 0.6 is 23.8 Å². The van der Waals surface area contributed by atoms with Gasteiger partial charge in [0.2, 0.25) is 4.77 Å². The summed E-state index contributed by atoms with van der Waals surface area (Å²) < 4.78 is 3.66. The topological polar surface area (TPSA) is 63.8 Å². The summed E-state index contributed by atoms with van der Waals surface area (Å²) in [6, 6.07) is 7.99. The van der Waals surface area contributed by atoms with E-state index in [1.54, 1.807) is 10.9 Å². The van der Waals surface area contributed by atoms with Crippen LogP contribution in [0.1, 0.15) is 22.6 Å². The van der Waals surface area contributed by atoms with E-state index in [9.17, 15) is 0 Å². The molecule has 0 aliphatic carbocycles. The number of aromatic nitrogens is 5. The van der Waals surface area contributed by atoms with Gasteiger partial charge in [0.15, 0.2) is 0 Å². The molecular weight excluding hydrogens is 332 g/mol. The molecule has 3 rings (SSSR count). The number of nitrogens with zero attached hydrogens (tertiary/aromatic N) is 5. The first kappa shape index (κ1) is 15.6. The molecule has 0 atom stereocenters. The molecule has 0 bridgehead atoms. The SMILES string of the molecule is Cc1ccc(-n2nc(C)c(C=Nn3c(C)n[nH]c3=S)c2Cl)cc1. The summed E-state index contributed by atoms with van der Waals surface area (Å²) in [4.78, 5) is 0. The summed E-state index contributed by atoms with van der Waals surface area (Å²) in [6.45, 7) is 5.74. The lowest BCUT2D eigenvalue weighted by Gasteiger charge is -2.03. The Morgan fingerprint density at radius 2 is 1.91 bits per heavy atom. The molecule has 0 spiro atoms. The number of rotatable bonds is 3. The zero-order valence-electron chi connectivity index (χ0n) is 12.9. The van der Waals surface area contributed by atoms with Gasteiger partial charge in [0, 0.05) is 0 Å². The first-order chi connectivity index (χ1) is 11.0. The molecule has 0 amide bonds. The predicted octanol–water partition coefficient (Wildman–Crippen LogP) is 3.59. The molecule has 2 aromatic heterocycles. The van der Waals surface area contributed by atoms with Gasteiger partial charge in [-0.3, -0.25) is 5.10 Å². The molecule has 2 heterocycles. The van der Waals surface area contributed by atoms with Crippen molar-refractivity contribution >= 4 is 30.0 Å². The monoisotopic (exact) mass is 346 g/mol. The Kier molecular flexibility index (Phi) is 4.14. The van der Waals surface area contributed by atoms with Crippen LogP contribution in [0.3, 0.4) is 0 Å². The zero-order chi connectivity index (χ0) is 16.6. The van der Waals surface area contributed by atoms with Gasteiger partial charge in [0.05, 0.1) is 23.2 Å². The van der Waals surface area contributed by atoms with Crippen molar-refractivity contribution < 1.29 is 0 Å². The summed E-state index contributed by atoms with van der Waals surface area (Å²) in [6.07, 6.45) is 1.65. The summed E-state index contributed by atoms with van der Waals surface area (Å²) >= 11 is 11.6. The Labute approximate surface area is 143 Å². The Balaban J connectivity index is 2.01. The third-order valence-electron chi connectivity index (χ3n) is 3.44. The lowest BCUT2D eigenvalue weighted by molar-refractivity contribution is 0.820. The van der Waals surface area contributed by atoms with E-state index in [-0.39, 0.29) is 0 Å². The maximum absolute atomic E-state index is 6.47. The fourth-order valence-electron chi connectivity index (χ4n) is 2.14. The first-order valence-electron chi connectivity index (χ1n) is 6.98. The van der Waals surface area contributed by atoms with Crippen molar-refractivity contribution in [1.82, 2.24) is 24.7 Å². The summed E-state index contributed by atoms with van der Waals surface area (Å²) in [5, 5.41) is 16.0. The average Bonchev–Trinajstić information content (AvgIpc) is 2.99. The van der Waals surface area contributed by atoms with Crippen molar-refractivity contribution in [1.29, 1.82) is 0 Å². The van der Waals surface area contributed by atoms with Crippen LogP contribution < -0.4 is 0 Å². The Bertz CT molecular complexity index is 932. The molecular formula is C15H15ClN6S. The van der Waals surface area contributed by atoms with Crippen molar-refractivity contribution in [2.24, 2.45) is 5.10 Å². The molecule has 1 aromatic carbocycles. The van der Waals surface area contributed by atoms with Crippen LogP contribution in [-0.2, 0) is 0 Å². The molecule has 0 fully saturated rings. The maximum atomic E-state index is 6.47. The molecule has 0 aliphatic heterocycles. The highest BCUT2D eigenvalue weighted by Gasteiger charge is 2.13. The average molecular weight is 347 g/mol. The van der Waals surface area contributed by atoms with Crippen molar-refractivity contribution in [3.63, 3.8) is 0 Å². The molecule has 1 N–H and O–H groups in total. The lowest BCUT2D eigenvalue weighted by Crippen LogP contribution is -1.97. The molecule has 6 nitrogen and oxygen atoms in total.